The predicted octanol–water partition coefficient (Wildman–Crippen LogP) is 3.11. The van der Waals surface area contributed by atoms with Gasteiger partial charge in [-0.25, -0.2) is 0 Å². The molecule has 0 amide bonds. The highest BCUT2D eigenvalue weighted by Gasteiger charge is 2.36. The van der Waals surface area contributed by atoms with Crippen molar-refractivity contribution in [3.05, 3.63) is 23.8 Å². The second-order valence-electron chi connectivity index (χ2n) is 8.50. The highest BCUT2D eigenvalue weighted by atomic mass is 16.5. The molecule has 1 heterocycles. The first-order valence-corrected chi connectivity index (χ1v) is 10.0. The second-order valence-corrected chi connectivity index (χ2v) is 8.50. The number of aliphatic hydroxyl groups excluding tert-OH is 1. The van der Waals surface area contributed by atoms with Crippen LogP contribution in [-0.4, -0.2) is 52.5 Å². The third-order valence-corrected chi connectivity index (χ3v) is 5.14. The van der Waals surface area contributed by atoms with Crippen molar-refractivity contribution in [2.75, 3.05) is 13.2 Å². The zero-order valence-corrected chi connectivity index (χ0v) is 17.9. The summed E-state index contributed by atoms with van der Waals surface area (Å²) in [5.41, 5.74) is -0.644. The van der Waals surface area contributed by atoms with Crippen LogP contribution in [0, 0.1) is 5.92 Å². The van der Waals surface area contributed by atoms with Crippen LogP contribution in [0.1, 0.15) is 66.7 Å². The molecule has 0 aromatic rings. The van der Waals surface area contributed by atoms with E-state index in [2.05, 4.69) is 0 Å². The Morgan fingerprint density at radius 2 is 2.11 bits per heavy atom. The number of aliphatic hydroxyl groups is 2. The average Bonchev–Trinajstić information content (AvgIpc) is 2.72. The molecule has 0 bridgehead atoms. The van der Waals surface area contributed by atoms with Gasteiger partial charge in [0.1, 0.15) is 6.61 Å². The number of esters is 1. The summed E-state index contributed by atoms with van der Waals surface area (Å²) in [6.07, 6.45) is 7.60. The molecule has 0 aromatic carbocycles. The number of ether oxygens (including phenoxy) is 2. The monoisotopic (exact) mass is 396 g/mol. The number of carbonyl (C=O) groups excluding carboxylic acids is 2. The largest absolute Gasteiger partial charge is 0.462 e. The molecular weight excluding hydrogens is 360 g/mol. The molecule has 1 aliphatic rings. The minimum Gasteiger partial charge on any atom is -0.462 e. The highest BCUT2D eigenvalue weighted by molar-refractivity contribution is 5.91. The van der Waals surface area contributed by atoms with Crippen molar-refractivity contribution < 1.29 is 29.3 Å². The normalized spacial score (nSPS) is 26.2. The van der Waals surface area contributed by atoms with Crippen molar-refractivity contribution in [1.29, 1.82) is 0 Å². The van der Waals surface area contributed by atoms with Gasteiger partial charge in [-0.2, -0.15) is 0 Å². The molecule has 1 aliphatic heterocycles. The van der Waals surface area contributed by atoms with Gasteiger partial charge in [0.05, 0.1) is 23.9 Å². The second kappa shape index (κ2) is 10.9. The van der Waals surface area contributed by atoms with E-state index in [-0.39, 0.29) is 24.3 Å². The molecule has 6 heteroatoms. The fourth-order valence-corrected chi connectivity index (χ4v) is 3.08. The van der Waals surface area contributed by atoms with Gasteiger partial charge in [0.2, 0.25) is 0 Å². The molecule has 0 saturated carbocycles. The van der Waals surface area contributed by atoms with E-state index in [4.69, 9.17) is 9.47 Å². The Kier molecular flexibility index (Phi) is 9.54. The van der Waals surface area contributed by atoms with E-state index in [9.17, 15) is 19.8 Å². The molecule has 0 unspecified atom stereocenters. The molecule has 1 rings (SSSR count). The van der Waals surface area contributed by atoms with E-state index in [1.54, 1.807) is 13.8 Å². The van der Waals surface area contributed by atoms with Crippen LogP contribution in [0.3, 0.4) is 0 Å². The third-order valence-electron chi connectivity index (χ3n) is 5.14. The van der Waals surface area contributed by atoms with E-state index < -0.39 is 17.3 Å². The Hall–Kier alpha value is -1.50. The summed E-state index contributed by atoms with van der Waals surface area (Å²) in [5, 5.41) is 20.2. The topological polar surface area (TPSA) is 93.1 Å². The van der Waals surface area contributed by atoms with Gasteiger partial charge < -0.3 is 19.7 Å². The van der Waals surface area contributed by atoms with Crippen molar-refractivity contribution in [1.82, 2.24) is 0 Å². The van der Waals surface area contributed by atoms with Crippen LogP contribution in [0.2, 0.25) is 0 Å². The summed E-state index contributed by atoms with van der Waals surface area (Å²) >= 11 is 0. The first-order chi connectivity index (χ1) is 12.9. The van der Waals surface area contributed by atoms with Crippen LogP contribution in [0.25, 0.3) is 0 Å². The third kappa shape index (κ3) is 9.13. The van der Waals surface area contributed by atoms with Crippen molar-refractivity contribution >= 4 is 11.8 Å². The Balaban J connectivity index is 2.52. The lowest BCUT2D eigenvalue weighted by molar-refractivity contribution is -0.139. The van der Waals surface area contributed by atoms with Gasteiger partial charge in [-0.15, -0.1) is 0 Å². The molecule has 6 nitrogen and oxygen atoms in total. The molecule has 0 aliphatic carbocycles. The molecule has 2 N–H and O–H groups in total. The van der Waals surface area contributed by atoms with Gasteiger partial charge in [0.15, 0.2) is 5.78 Å². The summed E-state index contributed by atoms with van der Waals surface area (Å²) in [6, 6.07) is 0. The van der Waals surface area contributed by atoms with Crippen LogP contribution >= 0.6 is 0 Å². The zero-order chi connectivity index (χ0) is 21.4. The van der Waals surface area contributed by atoms with E-state index in [0.717, 1.165) is 12.0 Å². The fraction of sp³-hybridized carbons (Fsp3) is 0.727. The van der Waals surface area contributed by atoms with E-state index in [1.165, 1.54) is 19.1 Å². The maximum Gasteiger partial charge on any atom is 0.302 e. The molecular formula is C22H36O6. The van der Waals surface area contributed by atoms with Crippen LogP contribution in [0.4, 0.5) is 0 Å². The summed E-state index contributed by atoms with van der Waals surface area (Å²) in [6.45, 7) is 9.03. The van der Waals surface area contributed by atoms with E-state index >= 15 is 0 Å². The van der Waals surface area contributed by atoms with Crippen molar-refractivity contribution in [3.8, 4) is 0 Å². The standard InChI is InChI=1S/C22H36O6/c1-16(19(24)10-13-21(3,4)26)7-6-12-22(5)20(25)9-8-18(15-28-22)11-14-27-17(2)23/h10-11,13,16,20,25-26H,6-9,12,14-15H2,1-5H3/b13-10+,18-11+/t16-,20+,22-/m0/s1. The Morgan fingerprint density at radius 1 is 1.43 bits per heavy atom. The average molecular weight is 397 g/mol. The van der Waals surface area contributed by atoms with Gasteiger partial charge in [0, 0.05) is 12.8 Å². The summed E-state index contributed by atoms with van der Waals surface area (Å²) in [5.74, 6) is -0.480. The van der Waals surface area contributed by atoms with Gasteiger partial charge in [-0.3, -0.25) is 9.59 Å². The van der Waals surface area contributed by atoms with Crippen LogP contribution < -0.4 is 0 Å². The SMILES string of the molecule is CC(=O)OC/C=C1\CC[C@@H](O)[C@](C)(CCC[C@H](C)C(=O)/C=C/C(C)(C)O)OC1. The van der Waals surface area contributed by atoms with E-state index in [0.29, 0.717) is 32.3 Å². The Labute approximate surface area is 168 Å². The molecule has 0 radical (unpaired) electrons. The maximum absolute atomic E-state index is 12.1. The van der Waals surface area contributed by atoms with Gasteiger partial charge >= 0.3 is 5.97 Å². The summed E-state index contributed by atoms with van der Waals surface area (Å²) in [7, 11) is 0. The van der Waals surface area contributed by atoms with Crippen molar-refractivity contribution in [2.45, 2.75) is 84.0 Å². The molecule has 0 aromatic heterocycles. The van der Waals surface area contributed by atoms with Gasteiger partial charge in [-0.05, 0) is 70.6 Å². The van der Waals surface area contributed by atoms with Gasteiger partial charge in [0.25, 0.3) is 0 Å². The summed E-state index contributed by atoms with van der Waals surface area (Å²) < 4.78 is 10.9. The van der Waals surface area contributed by atoms with Crippen LogP contribution in [-0.2, 0) is 19.1 Å². The van der Waals surface area contributed by atoms with Crippen molar-refractivity contribution in [2.24, 2.45) is 5.92 Å². The van der Waals surface area contributed by atoms with Gasteiger partial charge in [-0.1, -0.05) is 13.0 Å². The lowest BCUT2D eigenvalue weighted by Crippen LogP contribution is -2.41. The number of allylic oxidation sites excluding steroid dienone is 1. The number of hydrogen-bond donors (Lipinski definition) is 2. The highest BCUT2D eigenvalue weighted by Crippen LogP contribution is 2.31. The first kappa shape index (κ1) is 24.5. The molecule has 28 heavy (non-hydrogen) atoms. The molecule has 0 spiro atoms. The molecule has 3 atom stereocenters. The van der Waals surface area contributed by atoms with Crippen LogP contribution in [0.15, 0.2) is 23.8 Å². The summed E-state index contributed by atoms with van der Waals surface area (Å²) in [4.78, 5) is 23.0. The molecule has 160 valence electrons. The lowest BCUT2D eigenvalue weighted by Gasteiger charge is -2.33. The Bertz CT molecular complexity index is 586. The zero-order valence-electron chi connectivity index (χ0n) is 17.9. The predicted molar refractivity (Wildman–Crippen MR) is 108 cm³/mol. The minimum absolute atomic E-state index is 0.00898. The smallest absolute Gasteiger partial charge is 0.302 e. The first-order valence-electron chi connectivity index (χ1n) is 10.0. The molecule has 1 saturated heterocycles. The minimum atomic E-state index is -0.998. The number of carbonyl (C=O) groups is 2. The van der Waals surface area contributed by atoms with Crippen LogP contribution in [0.5, 0.6) is 0 Å². The number of ketones is 1. The Morgan fingerprint density at radius 3 is 2.71 bits per heavy atom. The number of rotatable bonds is 9. The van der Waals surface area contributed by atoms with E-state index in [1.807, 2.05) is 19.9 Å². The quantitative estimate of drug-likeness (QED) is 0.353. The van der Waals surface area contributed by atoms with Crippen molar-refractivity contribution in [3.63, 3.8) is 0 Å². The maximum atomic E-state index is 12.1. The fourth-order valence-electron chi connectivity index (χ4n) is 3.08. The lowest BCUT2D eigenvalue weighted by atomic mass is 9.87. The molecule has 1 fully saturated rings. The number of hydrogen-bond acceptors (Lipinski definition) is 6.